The maximum Gasteiger partial charge on any atom is 0.282 e. The van der Waals surface area contributed by atoms with Crippen LogP contribution in [0.2, 0.25) is 0 Å². The third kappa shape index (κ3) is 2.80. The molecule has 3 heterocycles. The number of rotatable bonds is 4. The number of nitrogens with zero attached hydrogens (tertiary/aromatic N) is 2. The minimum Gasteiger partial charge on any atom is -0.497 e. The van der Waals surface area contributed by atoms with Gasteiger partial charge in [0.25, 0.3) is 11.8 Å². The minimum atomic E-state index is -0.247. The van der Waals surface area contributed by atoms with E-state index in [4.69, 9.17) is 4.74 Å². The maximum atomic E-state index is 13.3. The zero-order valence-electron chi connectivity index (χ0n) is 14.6. The van der Waals surface area contributed by atoms with E-state index in [1.807, 2.05) is 17.5 Å². The fraction of sp³-hybridized carbons (Fsp3) is 0.300. The Morgan fingerprint density at radius 3 is 2.31 bits per heavy atom. The highest BCUT2D eigenvalue weighted by molar-refractivity contribution is 7.11. The molecule has 1 fully saturated rings. The summed E-state index contributed by atoms with van der Waals surface area (Å²) in [6.07, 6.45) is 3.26. The number of carbonyl (C=O) groups is 2. The normalized spacial score (nSPS) is 18.0. The van der Waals surface area contributed by atoms with Gasteiger partial charge in [0.2, 0.25) is 0 Å². The molecule has 2 aromatic rings. The monoisotopic (exact) mass is 368 g/mol. The molecule has 2 aliphatic rings. The predicted molar refractivity (Wildman–Crippen MR) is 102 cm³/mol. The topological polar surface area (TPSA) is 49.9 Å². The lowest BCUT2D eigenvalue weighted by Crippen LogP contribution is -2.37. The number of piperidine rings is 1. The van der Waals surface area contributed by atoms with E-state index in [1.54, 1.807) is 31.4 Å². The molecule has 0 atom stereocenters. The van der Waals surface area contributed by atoms with Gasteiger partial charge in [0.05, 0.1) is 18.4 Å². The van der Waals surface area contributed by atoms with Crippen LogP contribution in [-0.4, -0.2) is 36.9 Å². The Balaban J connectivity index is 1.76. The molecule has 5 nitrogen and oxygen atoms in total. The van der Waals surface area contributed by atoms with Crippen LogP contribution in [0.15, 0.2) is 47.5 Å². The Morgan fingerprint density at radius 1 is 0.962 bits per heavy atom. The average molecular weight is 368 g/mol. The van der Waals surface area contributed by atoms with Crippen molar-refractivity contribution in [1.29, 1.82) is 0 Å². The van der Waals surface area contributed by atoms with Crippen LogP contribution in [0.3, 0.4) is 0 Å². The molecule has 0 aliphatic carbocycles. The molecular weight excluding hydrogens is 348 g/mol. The van der Waals surface area contributed by atoms with Gasteiger partial charge in [-0.25, -0.2) is 4.90 Å². The molecule has 2 amide bonds. The SMILES string of the molecule is COc1ccc(N2C(=O)C(c3cccs3)=C(N3CCCCC3)C2=O)cc1. The largest absolute Gasteiger partial charge is 0.497 e. The van der Waals surface area contributed by atoms with Gasteiger partial charge < -0.3 is 9.64 Å². The van der Waals surface area contributed by atoms with E-state index in [9.17, 15) is 9.59 Å². The number of likely N-dealkylation sites (tertiary alicyclic amines) is 1. The maximum absolute atomic E-state index is 13.3. The zero-order valence-corrected chi connectivity index (χ0v) is 15.4. The molecule has 0 unspecified atom stereocenters. The van der Waals surface area contributed by atoms with Crippen LogP contribution in [0.4, 0.5) is 5.69 Å². The van der Waals surface area contributed by atoms with Crippen LogP contribution in [0.1, 0.15) is 24.1 Å². The first-order valence-corrected chi connectivity index (χ1v) is 9.64. The fourth-order valence-corrected chi connectivity index (χ4v) is 4.30. The van der Waals surface area contributed by atoms with Gasteiger partial charge in [-0.3, -0.25) is 9.59 Å². The standard InChI is InChI=1S/C20H20N2O3S/c1-25-15-9-7-14(8-10-15)22-19(23)17(16-6-5-13-26-16)18(20(22)24)21-11-3-2-4-12-21/h5-10,13H,2-4,11-12H2,1H3. The van der Waals surface area contributed by atoms with Crippen LogP contribution < -0.4 is 9.64 Å². The number of ether oxygens (including phenoxy) is 1. The summed E-state index contributed by atoms with van der Waals surface area (Å²) in [4.78, 5) is 30.7. The third-order valence-corrected chi connectivity index (χ3v) is 5.72. The molecule has 6 heteroatoms. The Bertz CT molecular complexity index is 850. The van der Waals surface area contributed by atoms with Gasteiger partial charge in [0.15, 0.2) is 0 Å². The molecule has 1 aromatic carbocycles. The van der Waals surface area contributed by atoms with Gasteiger partial charge in [-0.2, -0.15) is 0 Å². The lowest BCUT2D eigenvalue weighted by atomic mass is 10.1. The lowest BCUT2D eigenvalue weighted by molar-refractivity contribution is -0.120. The number of benzene rings is 1. The first kappa shape index (κ1) is 16.8. The van der Waals surface area contributed by atoms with E-state index in [1.165, 1.54) is 22.7 Å². The molecule has 0 N–H and O–H groups in total. The summed E-state index contributed by atoms with van der Waals surface area (Å²) < 4.78 is 5.18. The molecule has 26 heavy (non-hydrogen) atoms. The molecule has 0 radical (unpaired) electrons. The van der Waals surface area contributed by atoms with Crippen molar-refractivity contribution in [3.05, 3.63) is 52.4 Å². The van der Waals surface area contributed by atoms with Crippen molar-refractivity contribution in [1.82, 2.24) is 4.90 Å². The Labute approximate surface area is 156 Å². The van der Waals surface area contributed by atoms with Gasteiger partial charge in [0, 0.05) is 18.0 Å². The third-order valence-electron chi connectivity index (χ3n) is 4.83. The van der Waals surface area contributed by atoms with Crippen molar-refractivity contribution in [3.63, 3.8) is 0 Å². The van der Waals surface area contributed by atoms with E-state index in [2.05, 4.69) is 4.90 Å². The highest BCUT2D eigenvalue weighted by atomic mass is 32.1. The van der Waals surface area contributed by atoms with Crippen molar-refractivity contribution in [2.75, 3.05) is 25.1 Å². The Hall–Kier alpha value is -2.60. The smallest absolute Gasteiger partial charge is 0.282 e. The molecule has 134 valence electrons. The molecule has 1 aromatic heterocycles. The van der Waals surface area contributed by atoms with Crippen molar-refractivity contribution in [2.45, 2.75) is 19.3 Å². The van der Waals surface area contributed by atoms with Gasteiger partial charge >= 0.3 is 0 Å². The summed E-state index contributed by atoms with van der Waals surface area (Å²) in [6.45, 7) is 1.64. The van der Waals surface area contributed by atoms with Crippen molar-refractivity contribution < 1.29 is 14.3 Å². The van der Waals surface area contributed by atoms with E-state index in [0.29, 0.717) is 22.7 Å². The van der Waals surface area contributed by atoms with Gasteiger partial charge in [-0.1, -0.05) is 6.07 Å². The van der Waals surface area contributed by atoms with Crippen LogP contribution in [0.25, 0.3) is 5.57 Å². The zero-order chi connectivity index (χ0) is 18.1. The quantitative estimate of drug-likeness (QED) is 0.775. The van der Waals surface area contributed by atoms with E-state index < -0.39 is 0 Å². The molecular formula is C20H20N2O3S. The number of hydrogen-bond acceptors (Lipinski definition) is 5. The number of hydrogen-bond donors (Lipinski definition) is 0. The second-order valence-corrected chi connectivity index (χ2v) is 7.34. The second-order valence-electron chi connectivity index (χ2n) is 6.39. The van der Waals surface area contributed by atoms with Crippen LogP contribution in [0.5, 0.6) is 5.75 Å². The highest BCUT2D eigenvalue weighted by Gasteiger charge is 2.43. The number of anilines is 1. The first-order valence-electron chi connectivity index (χ1n) is 8.76. The average Bonchev–Trinajstić information content (AvgIpc) is 3.29. The first-order chi connectivity index (χ1) is 12.7. The number of thiophene rings is 1. The minimum absolute atomic E-state index is 0.231. The highest BCUT2D eigenvalue weighted by Crippen LogP contribution is 2.37. The van der Waals surface area contributed by atoms with Crippen molar-refractivity contribution in [3.8, 4) is 5.75 Å². The summed E-state index contributed by atoms with van der Waals surface area (Å²) in [7, 11) is 1.59. The molecule has 1 saturated heterocycles. The molecule has 0 spiro atoms. The number of methoxy groups -OCH3 is 1. The Morgan fingerprint density at radius 2 is 1.69 bits per heavy atom. The van der Waals surface area contributed by atoms with Crippen LogP contribution >= 0.6 is 11.3 Å². The van der Waals surface area contributed by atoms with Gasteiger partial charge in [0.1, 0.15) is 11.4 Å². The van der Waals surface area contributed by atoms with Gasteiger partial charge in [-0.15, -0.1) is 11.3 Å². The van der Waals surface area contributed by atoms with E-state index in [-0.39, 0.29) is 11.8 Å². The van der Waals surface area contributed by atoms with Crippen LogP contribution in [-0.2, 0) is 9.59 Å². The molecule has 2 aliphatic heterocycles. The van der Waals surface area contributed by atoms with Crippen molar-refractivity contribution in [2.24, 2.45) is 0 Å². The number of amides is 2. The van der Waals surface area contributed by atoms with Crippen LogP contribution in [0, 0.1) is 0 Å². The molecule has 0 bridgehead atoms. The summed E-state index contributed by atoms with van der Waals surface area (Å²) in [5.41, 5.74) is 1.65. The predicted octanol–water partition coefficient (Wildman–Crippen LogP) is 3.53. The number of carbonyl (C=O) groups excluding carboxylic acids is 2. The van der Waals surface area contributed by atoms with Gasteiger partial charge in [-0.05, 0) is 55.0 Å². The summed E-state index contributed by atoms with van der Waals surface area (Å²) in [6, 6.07) is 10.8. The molecule has 4 rings (SSSR count). The summed E-state index contributed by atoms with van der Waals surface area (Å²) in [5.74, 6) is 0.212. The second kappa shape index (κ2) is 6.96. The van der Waals surface area contributed by atoms with Crippen molar-refractivity contribution >= 4 is 34.4 Å². The van der Waals surface area contributed by atoms with E-state index >= 15 is 0 Å². The molecule has 0 saturated carbocycles. The lowest BCUT2D eigenvalue weighted by Gasteiger charge is -2.29. The Kier molecular flexibility index (Phi) is 4.51. The number of imide groups is 1. The summed E-state index contributed by atoms with van der Waals surface area (Å²) >= 11 is 1.49. The van der Waals surface area contributed by atoms with E-state index in [0.717, 1.165) is 30.8 Å². The summed E-state index contributed by atoms with van der Waals surface area (Å²) in [5, 5.41) is 1.93. The fourth-order valence-electron chi connectivity index (χ4n) is 3.54.